The molecule has 2 aromatic rings. The molecule has 1 aromatic carbocycles. The van der Waals surface area contributed by atoms with Crippen LogP contribution in [0.2, 0.25) is 0 Å². The molecule has 0 bridgehead atoms. The lowest BCUT2D eigenvalue weighted by molar-refractivity contribution is -0.134. The van der Waals surface area contributed by atoms with Gasteiger partial charge in [-0.1, -0.05) is 63.2 Å². The van der Waals surface area contributed by atoms with Gasteiger partial charge in [-0.2, -0.15) is 0 Å². The van der Waals surface area contributed by atoms with E-state index in [1.165, 1.54) is 0 Å². The summed E-state index contributed by atoms with van der Waals surface area (Å²) in [4.78, 5) is 27.0. The highest BCUT2D eigenvalue weighted by molar-refractivity contribution is 5.92. The number of benzene rings is 1. The van der Waals surface area contributed by atoms with Crippen LogP contribution in [0.1, 0.15) is 68.8 Å². The molecule has 0 spiro atoms. The number of hydrogen-bond acceptors (Lipinski definition) is 4. The Morgan fingerprint density at radius 1 is 1.14 bits per heavy atom. The van der Waals surface area contributed by atoms with E-state index in [-0.39, 0.29) is 23.6 Å². The molecule has 0 saturated carbocycles. The Bertz CT molecular complexity index is 767. The minimum Gasteiger partial charge on any atom is -0.359 e. The molecule has 6 heteroatoms. The summed E-state index contributed by atoms with van der Waals surface area (Å²) >= 11 is 0. The molecule has 0 fully saturated rings. The first-order valence-corrected chi connectivity index (χ1v) is 10.5. The normalized spacial score (nSPS) is 11.1. The second-order valence-electron chi connectivity index (χ2n) is 7.76. The SMILES string of the molecule is CCC(CC)N(Cc1cc(C(=O)NCC(C)C)no1)C(=O)CCc1ccccc1. The van der Waals surface area contributed by atoms with Crippen molar-refractivity contribution in [3.8, 4) is 0 Å². The van der Waals surface area contributed by atoms with Crippen LogP contribution in [-0.4, -0.2) is 34.5 Å². The van der Waals surface area contributed by atoms with Gasteiger partial charge in [-0.25, -0.2) is 0 Å². The summed E-state index contributed by atoms with van der Waals surface area (Å²) in [5, 5.41) is 6.72. The fourth-order valence-electron chi connectivity index (χ4n) is 3.24. The van der Waals surface area contributed by atoms with Crippen molar-refractivity contribution in [2.24, 2.45) is 5.92 Å². The van der Waals surface area contributed by atoms with Crippen LogP contribution in [0.25, 0.3) is 0 Å². The highest BCUT2D eigenvalue weighted by Gasteiger charge is 2.23. The molecule has 0 aliphatic rings. The van der Waals surface area contributed by atoms with E-state index in [0.717, 1.165) is 18.4 Å². The Kier molecular flexibility index (Phi) is 8.90. The van der Waals surface area contributed by atoms with E-state index in [4.69, 9.17) is 4.52 Å². The molecule has 1 heterocycles. The van der Waals surface area contributed by atoms with Crippen LogP contribution in [0.5, 0.6) is 0 Å². The van der Waals surface area contributed by atoms with E-state index in [0.29, 0.717) is 37.6 Å². The van der Waals surface area contributed by atoms with Crippen LogP contribution in [0.15, 0.2) is 40.9 Å². The molecule has 0 unspecified atom stereocenters. The lowest BCUT2D eigenvalue weighted by atomic mass is 10.1. The number of carbonyl (C=O) groups excluding carboxylic acids is 2. The monoisotopic (exact) mass is 399 g/mol. The number of carbonyl (C=O) groups is 2. The van der Waals surface area contributed by atoms with Crippen molar-refractivity contribution in [3.05, 3.63) is 53.4 Å². The zero-order valence-electron chi connectivity index (χ0n) is 18.0. The predicted octanol–water partition coefficient (Wildman–Crippen LogP) is 4.21. The third-order valence-corrected chi connectivity index (χ3v) is 4.96. The van der Waals surface area contributed by atoms with Gasteiger partial charge in [-0.15, -0.1) is 0 Å². The first-order chi connectivity index (χ1) is 13.9. The van der Waals surface area contributed by atoms with Gasteiger partial charge in [0.1, 0.15) is 0 Å². The maximum atomic E-state index is 13.0. The minimum atomic E-state index is -0.252. The largest absolute Gasteiger partial charge is 0.359 e. The van der Waals surface area contributed by atoms with Crippen molar-refractivity contribution < 1.29 is 14.1 Å². The van der Waals surface area contributed by atoms with Gasteiger partial charge in [-0.3, -0.25) is 9.59 Å². The molecule has 0 radical (unpaired) electrons. The first kappa shape index (κ1) is 22.7. The molecule has 2 amide bonds. The fourth-order valence-corrected chi connectivity index (χ4v) is 3.24. The average molecular weight is 400 g/mol. The lowest BCUT2D eigenvalue weighted by Gasteiger charge is -2.29. The van der Waals surface area contributed by atoms with Crippen LogP contribution in [0.4, 0.5) is 0 Å². The van der Waals surface area contributed by atoms with Gasteiger partial charge >= 0.3 is 0 Å². The Labute approximate surface area is 173 Å². The quantitative estimate of drug-likeness (QED) is 0.614. The topological polar surface area (TPSA) is 75.4 Å². The Morgan fingerprint density at radius 2 is 1.83 bits per heavy atom. The van der Waals surface area contributed by atoms with E-state index in [2.05, 4.69) is 24.3 Å². The maximum absolute atomic E-state index is 13.0. The van der Waals surface area contributed by atoms with Gasteiger partial charge < -0.3 is 14.7 Å². The summed E-state index contributed by atoms with van der Waals surface area (Å²) in [5.41, 5.74) is 1.40. The summed E-state index contributed by atoms with van der Waals surface area (Å²) in [5.74, 6) is 0.723. The summed E-state index contributed by atoms with van der Waals surface area (Å²) in [6.45, 7) is 9.13. The van der Waals surface area contributed by atoms with Crippen molar-refractivity contribution in [1.29, 1.82) is 0 Å². The van der Waals surface area contributed by atoms with Crippen LogP contribution in [0.3, 0.4) is 0 Å². The molecule has 0 saturated heterocycles. The van der Waals surface area contributed by atoms with Crippen molar-refractivity contribution in [1.82, 2.24) is 15.4 Å². The molecule has 29 heavy (non-hydrogen) atoms. The van der Waals surface area contributed by atoms with Crippen LogP contribution < -0.4 is 5.32 Å². The van der Waals surface area contributed by atoms with Crippen LogP contribution in [0, 0.1) is 5.92 Å². The predicted molar refractivity (Wildman–Crippen MR) is 113 cm³/mol. The number of hydrogen-bond donors (Lipinski definition) is 1. The molecular weight excluding hydrogens is 366 g/mol. The number of nitrogens with zero attached hydrogens (tertiary/aromatic N) is 2. The molecule has 0 aliphatic carbocycles. The van der Waals surface area contributed by atoms with Gasteiger partial charge in [0, 0.05) is 25.1 Å². The zero-order valence-corrected chi connectivity index (χ0v) is 18.0. The van der Waals surface area contributed by atoms with Gasteiger partial charge in [0.05, 0.1) is 6.54 Å². The standard InChI is InChI=1S/C23H33N3O3/c1-5-19(6-2)26(22(27)13-12-18-10-8-7-9-11-18)16-20-14-21(25-29-20)23(28)24-15-17(3)4/h7-11,14,17,19H,5-6,12-13,15-16H2,1-4H3,(H,24,28). The van der Waals surface area contributed by atoms with Crippen molar-refractivity contribution >= 4 is 11.8 Å². The zero-order chi connectivity index (χ0) is 21.2. The number of aromatic nitrogens is 1. The molecule has 6 nitrogen and oxygen atoms in total. The van der Waals surface area contributed by atoms with Gasteiger partial charge in [0.15, 0.2) is 11.5 Å². The van der Waals surface area contributed by atoms with Crippen molar-refractivity contribution in [3.63, 3.8) is 0 Å². The van der Waals surface area contributed by atoms with E-state index in [1.54, 1.807) is 6.07 Å². The molecule has 158 valence electrons. The van der Waals surface area contributed by atoms with E-state index in [1.807, 2.05) is 49.1 Å². The molecular formula is C23H33N3O3. The lowest BCUT2D eigenvalue weighted by Crippen LogP contribution is -2.39. The first-order valence-electron chi connectivity index (χ1n) is 10.5. The van der Waals surface area contributed by atoms with Gasteiger partial charge in [0.25, 0.3) is 5.91 Å². The second kappa shape index (κ2) is 11.4. The summed E-state index contributed by atoms with van der Waals surface area (Å²) < 4.78 is 5.37. The molecule has 2 rings (SSSR count). The number of rotatable bonds is 11. The van der Waals surface area contributed by atoms with Gasteiger partial charge in [0.2, 0.25) is 5.91 Å². The summed E-state index contributed by atoms with van der Waals surface area (Å²) in [6.07, 6.45) is 2.87. The third kappa shape index (κ3) is 7.04. The Morgan fingerprint density at radius 3 is 2.45 bits per heavy atom. The summed E-state index contributed by atoms with van der Waals surface area (Å²) in [6, 6.07) is 11.8. The molecule has 1 aromatic heterocycles. The maximum Gasteiger partial charge on any atom is 0.273 e. The van der Waals surface area contributed by atoms with Gasteiger partial charge in [-0.05, 0) is 30.7 Å². The second-order valence-corrected chi connectivity index (χ2v) is 7.76. The van der Waals surface area contributed by atoms with E-state index in [9.17, 15) is 9.59 Å². The van der Waals surface area contributed by atoms with Crippen LogP contribution >= 0.6 is 0 Å². The highest BCUT2D eigenvalue weighted by Crippen LogP contribution is 2.17. The third-order valence-electron chi connectivity index (χ3n) is 4.96. The fraction of sp³-hybridized carbons (Fsp3) is 0.522. The van der Waals surface area contributed by atoms with Crippen molar-refractivity contribution in [2.45, 2.75) is 66.0 Å². The highest BCUT2D eigenvalue weighted by atomic mass is 16.5. The number of amides is 2. The summed E-state index contributed by atoms with van der Waals surface area (Å²) in [7, 11) is 0. The minimum absolute atomic E-state index is 0.0877. The van der Waals surface area contributed by atoms with Crippen molar-refractivity contribution in [2.75, 3.05) is 6.54 Å². The van der Waals surface area contributed by atoms with Crippen LogP contribution in [-0.2, 0) is 17.8 Å². The Balaban J connectivity index is 2.04. The number of nitrogens with one attached hydrogen (secondary N) is 1. The van der Waals surface area contributed by atoms with E-state index < -0.39 is 0 Å². The molecule has 1 N–H and O–H groups in total. The molecule has 0 atom stereocenters. The van der Waals surface area contributed by atoms with E-state index >= 15 is 0 Å². The number of aryl methyl sites for hydroxylation is 1. The molecule has 0 aliphatic heterocycles. The Hall–Kier alpha value is -2.63. The average Bonchev–Trinajstić information content (AvgIpc) is 3.20. The smallest absolute Gasteiger partial charge is 0.273 e.